The van der Waals surface area contributed by atoms with Crippen LogP contribution in [0.4, 0.5) is 5.82 Å². The molecule has 0 saturated heterocycles. The molecular weight excluding hydrogens is 402 g/mol. The number of nitrogens with one attached hydrogen (secondary N) is 1. The van der Waals surface area contributed by atoms with Crippen LogP contribution in [0.5, 0.6) is 11.6 Å². The highest BCUT2D eigenvalue weighted by Crippen LogP contribution is 2.24. The standard InChI is InChI=1S/C25H27N5O2/c1-27-15-13-22(26)28-25(31)20-17-23(30(2)16-14-19-9-5-3-6-10-19)29-24(18-20)32-21-11-7-4-8-12-21/h3-13,15,17-18,27H,14,16H2,1-2H3,(H2,26,28,31)/b15-13-. The van der Waals surface area contributed by atoms with Gasteiger partial charge in [-0.1, -0.05) is 48.5 Å². The van der Waals surface area contributed by atoms with Crippen LogP contribution >= 0.6 is 0 Å². The van der Waals surface area contributed by atoms with Crippen molar-refractivity contribution in [2.75, 3.05) is 25.5 Å². The van der Waals surface area contributed by atoms with E-state index in [0.717, 1.165) is 13.0 Å². The number of nitrogens with two attached hydrogens (primary N) is 1. The molecule has 3 aromatic rings. The van der Waals surface area contributed by atoms with Crippen LogP contribution in [0, 0.1) is 0 Å². The molecule has 2 aromatic carbocycles. The Morgan fingerprint density at radius 1 is 1.12 bits per heavy atom. The average molecular weight is 430 g/mol. The molecule has 0 saturated carbocycles. The lowest BCUT2D eigenvalue weighted by Crippen LogP contribution is -2.22. The van der Waals surface area contributed by atoms with E-state index in [1.165, 1.54) is 11.6 Å². The quantitative estimate of drug-likeness (QED) is 0.397. The van der Waals surface area contributed by atoms with E-state index >= 15 is 0 Å². The molecule has 0 fully saturated rings. The van der Waals surface area contributed by atoms with Crippen molar-refractivity contribution in [3.63, 3.8) is 0 Å². The van der Waals surface area contributed by atoms with E-state index in [4.69, 9.17) is 10.5 Å². The zero-order valence-electron chi connectivity index (χ0n) is 18.2. The van der Waals surface area contributed by atoms with Crippen molar-refractivity contribution >= 4 is 17.6 Å². The Labute approximate surface area is 188 Å². The summed E-state index contributed by atoms with van der Waals surface area (Å²) in [6.45, 7) is 0.718. The number of pyridine rings is 1. The minimum atomic E-state index is -0.471. The lowest BCUT2D eigenvalue weighted by Gasteiger charge is -2.19. The van der Waals surface area contributed by atoms with Gasteiger partial charge in [0.05, 0.1) is 5.56 Å². The van der Waals surface area contributed by atoms with Gasteiger partial charge in [-0.15, -0.1) is 0 Å². The topological polar surface area (TPSA) is 92.8 Å². The number of aromatic nitrogens is 1. The van der Waals surface area contributed by atoms with Gasteiger partial charge < -0.3 is 20.7 Å². The third-order valence-electron chi connectivity index (χ3n) is 4.62. The number of ether oxygens (including phenoxy) is 1. The van der Waals surface area contributed by atoms with Crippen LogP contribution in [0.2, 0.25) is 0 Å². The van der Waals surface area contributed by atoms with Crippen molar-refractivity contribution in [1.82, 2.24) is 10.3 Å². The predicted octanol–water partition coefficient (Wildman–Crippen LogP) is 3.78. The zero-order chi connectivity index (χ0) is 22.8. The number of hydrogen-bond donors (Lipinski definition) is 2. The molecule has 0 radical (unpaired) electrons. The monoisotopic (exact) mass is 429 g/mol. The fraction of sp³-hybridized carbons (Fsp3) is 0.160. The first-order valence-corrected chi connectivity index (χ1v) is 10.3. The summed E-state index contributed by atoms with van der Waals surface area (Å²) >= 11 is 0. The van der Waals surface area contributed by atoms with Gasteiger partial charge in [0.25, 0.3) is 5.91 Å². The molecule has 164 valence electrons. The highest BCUT2D eigenvalue weighted by molar-refractivity contribution is 6.06. The average Bonchev–Trinajstić information content (AvgIpc) is 2.82. The van der Waals surface area contributed by atoms with E-state index in [1.54, 1.807) is 25.4 Å². The van der Waals surface area contributed by atoms with Crippen LogP contribution in [0.3, 0.4) is 0 Å². The summed E-state index contributed by atoms with van der Waals surface area (Å²) in [5, 5.41) is 2.81. The van der Waals surface area contributed by atoms with E-state index in [2.05, 4.69) is 27.4 Å². The second-order valence-electron chi connectivity index (χ2n) is 7.09. The number of amidine groups is 1. The number of carbonyl (C=O) groups excluding carboxylic acids is 1. The summed E-state index contributed by atoms with van der Waals surface area (Å²) in [7, 11) is 3.67. The maximum Gasteiger partial charge on any atom is 0.279 e. The van der Waals surface area contributed by atoms with Gasteiger partial charge in [0.15, 0.2) is 0 Å². The van der Waals surface area contributed by atoms with Gasteiger partial charge in [-0.3, -0.25) is 4.79 Å². The number of para-hydroxylation sites is 1. The number of aliphatic imine (C=N–C) groups is 1. The normalized spacial score (nSPS) is 11.4. The molecule has 1 aromatic heterocycles. The summed E-state index contributed by atoms with van der Waals surface area (Å²) in [5.74, 6) is 1.18. The summed E-state index contributed by atoms with van der Waals surface area (Å²) in [4.78, 5) is 23.3. The van der Waals surface area contributed by atoms with Crippen molar-refractivity contribution in [2.24, 2.45) is 10.7 Å². The first-order chi connectivity index (χ1) is 15.5. The first kappa shape index (κ1) is 22.6. The molecule has 0 atom stereocenters. The Hall–Kier alpha value is -4.13. The van der Waals surface area contributed by atoms with Crippen LogP contribution < -0.4 is 20.7 Å². The molecule has 7 nitrogen and oxygen atoms in total. The van der Waals surface area contributed by atoms with E-state index in [0.29, 0.717) is 23.0 Å². The molecule has 0 spiro atoms. The molecule has 3 N–H and O–H groups in total. The molecule has 0 aliphatic carbocycles. The molecule has 32 heavy (non-hydrogen) atoms. The van der Waals surface area contributed by atoms with Crippen molar-refractivity contribution in [2.45, 2.75) is 6.42 Å². The summed E-state index contributed by atoms with van der Waals surface area (Å²) < 4.78 is 5.90. The summed E-state index contributed by atoms with van der Waals surface area (Å²) in [5.41, 5.74) is 7.38. The fourth-order valence-corrected chi connectivity index (χ4v) is 2.92. The van der Waals surface area contributed by atoms with Crippen molar-refractivity contribution in [1.29, 1.82) is 0 Å². The number of rotatable bonds is 9. The fourth-order valence-electron chi connectivity index (χ4n) is 2.92. The number of likely N-dealkylation sites (N-methyl/N-ethyl adjacent to an activating group) is 1. The van der Waals surface area contributed by atoms with Crippen LogP contribution in [-0.2, 0) is 6.42 Å². The van der Waals surface area contributed by atoms with Crippen LogP contribution in [0.15, 0.2) is 90.1 Å². The molecule has 3 rings (SSSR count). The maximum absolute atomic E-state index is 12.8. The van der Waals surface area contributed by atoms with Gasteiger partial charge in [0.2, 0.25) is 5.88 Å². The summed E-state index contributed by atoms with van der Waals surface area (Å²) in [6, 6.07) is 22.8. The van der Waals surface area contributed by atoms with Crippen LogP contribution in [-0.4, -0.2) is 37.4 Å². The molecule has 0 aliphatic rings. The molecule has 0 aliphatic heterocycles. The maximum atomic E-state index is 12.8. The minimum Gasteiger partial charge on any atom is -0.439 e. The number of carbonyl (C=O) groups is 1. The van der Waals surface area contributed by atoms with Gasteiger partial charge in [-0.2, -0.15) is 9.98 Å². The molecule has 0 bridgehead atoms. The van der Waals surface area contributed by atoms with E-state index < -0.39 is 5.91 Å². The SMILES string of the molecule is CN/C=C\C(N)=NC(=O)c1cc(Oc2ccccc2)nc(N(C)CCc2ccccc2)c1. The van der Waals surface area contributed by atoms with Gasteiger partial charge in [0.1, 0.15) is 17.4 Å². The number of benzene rings is 2. The molecule has 0 unspecified atom stereocenters. The van der Waals surface area contributed by atoms with Crippen molar-refractivity contribution in [3.05, 3.63) is 96.2 Å². The Morgan fingerprint density at radius 3 is 2.50 bits per heavy atom. The Morgan fingerprint density at radius 2 is 1.81 bits per heavy atom. The lowest BCUT2D eigenvalue weighted by atomic mass is 10.1. The molecule has 7 heteroatoms. The van der Waals surface area contributed by atoms with E-state index in [9.17, 15) is 4.79 Å². The Kier molecular flexibility index (Phi) is 7.97. The molecule has 1 heterocycles. The van der Waals surface area contributed by atoms with Gasteiger partial charge in [-0.05, 0) is 42.5 Å². The summed E-state index contributed by atoms with van der Waals surface area (Å²) in [6.07, 6.45) is 3.96. The van der Waals surface area contributed by atoms with Gasteiger partial charge in [-0.25, -0.2) is 0 Å². The smallest absolute Gasteiger partial charge is 0.279 e. The zero-order valence-corrected chi connectivity index (χ0v) is 18.2. The van der Waals surface area contributed by atoms with Gasteiger partial charge in [0, 0.05) is 26.7 Å². The third-order valence-corrected chi connectivity index (χ3v) is 4.62. The largest absolute Gasteiger partial charge is 0.439 e. The predicted molar refractivity (Wildman–Crippen MR) is 128 cm³/mol. The van der Waals surface area contributed by atoms with Crippen molar-refractivity contribution in [3.8, 4) is 11.6 Å². The number of hydrogen-bond acceptors (Lipinski definition) is 5. The number of anilines is 1. The highest BCUT2D eigenvalue weighted by Gasteiger charge is 2.14. The Balaban J connectivity index is 1.87. The van der Waals surface area contributed by atoms with Crippen molar-refractivity contribution < 1.29 is 9.53 Å². The molecular formula is C25H27N5O2. The second-order valence-corrected chi connectivity index (χ2v) is 7.09. The molecule has 1 amide bonds. The van der Waals surface area contributed by atoms with Crippen LogP contribution in [0.25, 0.3) is 0 Å². The minimum absolute atomic E-state index is 0.102. The highest BCUT2D eigenvalue weighted by atomic mass is 16.5. The van der Waals surface area contributed by atoms with Crippen LogP contribution in [0.1, 0.15) is 15.9 Å². The first-order valence-electron chi connectivity index (χ1n) is 10.3. The lowest BCUT2D eigenvalue weighted by molar-refractivity contribution is 0.100. The van der Waals surface area contributed by atoms with E-state index in [-0.39, 0.29) is 5.84 Å². The second kappa shape index (κ2) is 11.3. The van der Waals surface area contributed by atoms with Gasteiger partial charge >= 0.3 is 0 Å². The third kappa shape index (κ3) is 6.70. The number of amides is 1. The van der Waals surface area contributed by atoms with E-state index in [1.807, 2.05) is 60.5 Å². The number of nitrogens with zero attached hydrogens (tertiary/aromatic N) is 3. The Bertz CT molecular complexity index is 1080.